The predicted octanol–water partition coefficient (Wildman–Crippen LogP) is 1.12. The van der Waals surface area contributed by atoms with E-state index in [0.717, 1.165) is 31.7 Å². The third kappa shape index (κ3) is 3.92. The van der Waals surface area contributed by atoms with Crippen LogP contribution in [0.15, 0.2) is 29.2 Å². The largest absolute Gasteiger partial charge is 0.490 e. The molecule has 5 nitrogen and oxygen atoms in total. The van der Waals surface area contributed by atoms with Crippen molar-refractivity contribution in [2.75, 3.05) is 19.6 Å². The molecule has 0 bridgehead atoms. The van der Waals surface area contributed by atoms with Crippen LogP contribution >= 0.6 is 0 Å². The molecule has 0 aliphatic carbocycles. The Balaban J connectivity index is 2.01. The Bertz CT molecular complexity index is 493. The highest BCUT2D eigenvalue weighted by Gasteiger charge is 2.16. The summed E-state index contributed by atoms with van der Waals surface area (Å²) in [5.74, 6) is 0.724. The summed E-state index contributed by atoms with van der Waals surface area (Å²) in [5, 5.41) is 3.28. The summed E-state index contributed by atoms with van der Waals surface area (Å²) in [5.41, 5.74) is 0. The number of rotatable bonds is 5. The van der Waals surface area contributed by atoms with Crippen LogP contribution in [0.3, 0.4) is 0 Å². The van der Waals surface area contributed by atoms with E-state index in [-0.39, 0.29) is 11.0 Å². The number of ether oxygens (including phenoxy) is 1. The summed E-state index contributed by atoms with van der Waals surface area (Å²) in [6.07, 6.45) is 2.19. The Morgan fingerprint density at radius 1 is 1.26 bits per heavy atom. The van der Waals surface area contributed by atoms with Crippen LogP contribution < -0.4 is 14.8 Å². The summed E-state index contributed by atoms with van der Waals surface area (Å²) >= 11 is 0. The van der Waals surface area contributed by atoms with Gasteiger partial charge >= 0.3 is 0 Å². The molecule has 0 spiro atoms. The van der Waals surface area contributed by atoms with Gasteiger partial charge in [-0.3, -0.25) is 0 Å². The summed E-state index contributed by atoms with van der Waals surface area (Å²) in [6, 6.07) is 6.58. The van der Waals surface area contributed by atoms with Gasteiger partial charge in [-0.15, -0.1) is 0 Å². The van der Waals surface area contributed by atoms with Gasteiger partial charge in [0.05, 0.1) is 4.90 Å². The van der Waals surface area contributed by atoms with Crippen LogP contribution in [-0.4, -0.2) is 34.2 Å². The zero-order chi connectivity index (χ0) is 13.7. The highest BCUT2D eigenvalue weighted by molar-refractivity contribution is 7.89. The second kappa shape index (κ2) is 6.36. The molecule has 19 heavy (non-hydrogen) atoms. The summed E-state index contributed by atoms with van der Waals surface area (Å²) < 4.78 is 31.8. The van der Waals surface area contributed by atoms with E-state index >= 15 is 0 Å². The summed E-state index contributed by atoms with van der Waals surface area (Å²) in [6.45, 7) is 4.08. The Morgan fingerprint density at radius 2 is 1.89 bits per heavy atom. The van der Waals surface area contributed by atoms with Gasteiger partial charge in [0.1, 0.15) is 11.9 Å². The molecule has 2 N–H and O–H groups in total. The van der Waals surface area contributed by atoms with Crippen molar-refractivity contribution in [3.8, 4) is 5.75 Å². The third-order valence-corrected chi connectivity index (χ3v) is 4.62. The van der Waals surface area contributed by atoms with Crippen molar-refractivity contribution in [3.05, 3.63) is 24.3 Å². The van der Waals surface area contributed by atoms with E-state index in [1.807, 2.05) is 0 Å². The normalized spacial score (nSPS) is 17.3. The van der Waals surface area contributed by atoms with Crippen LogP contribution in [0.25, 0.3) is 0 Å². The van der Waals surface area contributed by atoms with Gasteiger partial charge in [0, 0.05) is 6.54 Å². The van der Waals surface area contributed by atoms with Crippen molar-refractivity contribution < 1.29 is 13.2 Å². The lowest BCUT2D eigenvalue weighted by Crippen LogP contribution is -2.34. The maximum absolute atomic E-state index is 11.8. The number of piperidine rings is 1. The molecule has 1 aliphatic heterocycles. The molecule has 6 heteroatoms. The van der Waals surface area contributed by atoms with Crippen LogP contribution in [-0.2, 0) is 10.0 Å². The molecule has 1 saturated heterocycles. The Kier molecular flexibility index (Phi) is 4.79. The minimum absolute atomic E-state index is 0.220. The SMILES string of the molecule is CCNS(=O)(=O)c1ccc(OC2CCNCC2)cc1. The quantitative estimate of drug-likeness (QED) is 0.850. The Labute approximate surface area is 114 Å². The Hall–Kier alpha value is -1.11. The second-order valence-electron chi connectivity index (χ2n) is 4.54. The first-order valence-electron chi connectivity index (χ1n) is 6.59. The molecule has 0 saturated carbocycles. The minimum atomic E-state index is -3.38. The third-order valence-electron chi connectivity index (χ3n) is 3.06. The van der Waals surface area contributed by atoms with Gasteiger partial charge in [-0.25, -0.2) is 13.1 Å². The molecular formula is C13H20N2O3S. The first-order chi connectivity index (χ1) is 9.12. The summed E-state index contributed by atoms with van der Waals surface area (Å²) in [4.78, 5) is 0.270. The fourth-order valence-corrected chi connectivity index (χ4v) is 3.12. The molecule has 0 unspecified atom stereocenters. The minimum Gasteiger partial charge on any atom is -0.490 e. The number of hydrogen-bond acceptors (Lipinski definition) is 4. The molecule has 2 rings (SSSR count). The molecule has 1 aromatic carbocycles. The first kappa shape index (κ1) is 14.3. The van der Waals surface area contributed by atoms with Crippen molar-refractivity contribution >= 4 is 10.0 Å². The van der Waals surface area contributed by atoms with Gasteiger partial charge in [-0.05, 0) is 50.2 Å². The highest BCUT2D eigenvalue weighted by Crippen LogP contribution is 2.19. The number of benzene rings is 1. The summed E-state index contributed by atoms with van der Waals surface area (Å²) in [7, 11) is -3.38. The molecule has 0 aromatic heterocycles. The molecular weight excluding hydrogens is 264 g/mol. The van der Waals surface area contributed by atoms with Gasteiger partial charge in [-0.2, -0.15) is 0 Å². The molecule has 0 amide bonds. The predicted molar refractivity (Wildman–Crippen MR) is 73.8 cm³/mol. The average Bonchev–Trinajstić information content (AvgIpc) is 2.40. The monoisotopic (exact) mass is 284 g/mol. The molecule has 1 aliphatic rings. The standard InChI is InChI=1S/C13H20N2O3S/c1-2-15-19(16,17)13-5-3-11(4-6-13)18-12-7-9-14-10-8-12/h3-6,12,14-15H,2,7-10H2,1H3. The van der Waals surface area contributed by atoms with E-state index in [2.05, 4.69) is 10.0 Å². The van der Waals surface area contributed by atoms with E-state index in [1.165, 1.54) is 0 Å². The van der Waals surface area contributed by atoms with Crippen molar-refractivity contribution in [3.63, 3.8) is 0 Å². The topological polar surface area (TPSA) is 67.4 Å². The number of nitrogens with one attached hydrogen (secondary N) is 2. The molecule has 106 valence electrons. The van der Waals surface area contributed by atoms with Crippen LogP contribution in [0.4, 0.5) is 0 Å². The maximum atomic E-state index is 11.8. The van der Waals surface area contributed by atoms with Gasteiger partial charge in [0.2, 0.25) is 10.0 Å². The van der Waals surface area contributed by atoms with Gasteiger partial charge in [0.15, 0.2) is 0 Å². The van der Waals surface area contributed by atoms with Crippen LogP contribution in [0.1, 0.15) is 19.8 Å². The lowest BCUT2D eigenvalue weighted by Gasteiger charge is -2.23. The zero-order valence-electron chi connectivity index (χ0n) is 11.1. The van der Waals surface area contributed by atoms with E-state index in [0.29, 0.717) is 6.54 Å². The molecule has 1 fully saturated rings. The van der Waals surface area contributed by atoms with E-state index in [1.54, 1.807) is 31.2 Å². The van der Waals surface area contributed by atoms with Crippen LogP contribution in [0.5, 0.6) is 5.75 Å². The molecule has 0 atom stereocenters. The van der Waals surface area contributed by atoms with E-state index in [9.17, 15) is 8.42 Å². The highest BCUT2D eigenvalue weighted by atomic mass is 32.2. The maximum Gasteiger partial charge on any atom is 0.240 e. The van der Waals surface area contributed by atoms with Crippen molar-refractivity contribution in [1.82, 2.24) is 10.0 Å². The Morgan fingerprint density at radius 3 is 2.47 bits per heavy atom. The van der Waals surface area contributed by atoms with Crippen molar-refractivity contribution in [2.45, 2.75) is 30.8 Å². The second-order valence-corrected chi connectivity index (χ2v) is 6.31. The van der Waals surface area contributed by atoms with Gasteiger partial charge in [0.25, 0.3) is 0 Å². The van der Waals surface area contributed by atoms with Crippen LogP contribution in [0.2, 0.25) is 0 Å². The average molecular weight is 284 g/mol. The number of sulfonamides is 1. The lowest BCUT2D eigenvalue weighted by molar-refractivity contribution is 0.162. The van der Waals surface area contributed by atoms with E-state index < -0.39 is 10.0 Å². The molecule has 1 heterocycles. The fraction of sp³-hybridized carbons (Fsp3) is 0.538. The molecule has 1 aromatic rings. The van der Waals surface area contributed by atoms with Gasteiger partial charge in [-0.1, -0.05) is 6.92 Å². The van der Waals surface area contributed by atoms with Crippen LogP contribution in [0, 0.1) is 0 Å². The fourth-order valence-electron chi connectivity index (χ4n) is 2.08. The zero-order valence-corrected chi connectivity index (χ0v) is 11.9. The molecule has 0 radical (unpaired) electrons. The van der Waals surface area contributed by atoms with E-state index in [4.69, 9.17) is 4.74 Å². The number of hydrogen-bond donors (Lipinski definition) is 2. The van der Waals surface area contributed by atoms with Crippen molar-refractivity contribution in [2.24, 2.45) is 0 Å². The van der Waals surface area contributed by atoms with Gasteiger partial charge < -0.3 is 10.1 Å². The lowest BCUT2D eigenvalue weighted by atomic mass is 10.1. The smallest absolute Gasteiger partial charge is 0.240 e. The first-order valence-corrected chi connectivity index (χ1v) is 8.07. The van der Waals surface area contributed by atoms with Crippen molar-refractivity contribution in [1.29, 1.82) is 0 Å².